The van der Waals surface area contributed by atoms with E-state index in [0.29, 0.717) is 18.4 Å². The summed E-state index contributed by atoms with van der Waals surface area (Å²) in [7, 11) is 0. The van der Waals surface area contributed by atoms with Crippen LogP contribution in [0.25, 0.3) is 11.4 Å². The molecule has 2 aliphatic heterocycles. The maximum absolute atomic E-state index is 14.1. The molecule has 4 nitrogen and oxygen atoms in total. The van der Waals surface area contributed by atoms with Crippen molar-refractivity contribution < 1.29 is 4.79 Å². The summed E-state index contributed by atoms with van der Waals surface area (Å²) in [6, 6.07) is 17.4. The lowest BCUT2D eigenvalue weighted by molar-refractivity contribution is -0.138. The summed E-state index contributed by atoms with van der Waals surface area (Å²) < 4.78 is 3.28. The number of benzene rings is 2. The predicted molar refractivity (Wildman–Crippen MR) is 129 cm³/mol. The van der Waals surface area contributed by atoms with Gasteiger partial charge in [-0.15, -0.1) is 0 Å². The Balaban J connectivity index is 1.47. The predicted octanol–water partition coefficient (Wildman–Crippen LogP) is 5.99. The summed E-state index contributed by atoms with van der Waals surface area (Å²) in [5.74, 6) is 1.91. The Hall–Kier alpha value is -2.40. The average Bonchev–Trinajstić information content (AvgIpc) is 3.41. The first-order valence-corrected chi connectivity index (χ1v) is 12.7. The lowest BCUT2D eigenvalue weighted by Crippen LogP contribution is -2.51. The standard InChI is InChI=1S/C27H28BrN3O/c28-21-13-11-20(12-14-21)27(23-9-3-2-8-22(23)26-29-15-17-31(26)27)18-25(32)30-16-5-7-19-6-1-4-10-24(19)30/h2-3,8-9,11-15,17,19,24H,1,4-7,10,16,18H2. The van der Waals surface area contributed by atoms with Crippen molar-refractivity contribution in [2.45, 2.75) is 56.5 Å². The molecule has 3 atom stereocenters. The van der Waals surface area contributed by atoms with Crippen LogP contribution in [0, 0.1) is 5.92 Å². The Labute approximate surface area is 197 Å². The van der Waals surface area contributed by atoms with Crippen LogP contribution in [0.15, 0.2) is 65.4 Å². The van der Waals surface area contributed by atoms with Crippen LogP contribution >= 0.6 is 15.9 Å². The third-order valence-corrected chi connectivity index (χ3v) is 8.49. The molecule has 1 amide bonds. The number of nitrogens with zero attached hydrogens (tertiary/aromatic N) is 3. The lowest BCUT2D eigenvalue weighted by atomic mass is 9.76. The highest BCUT2D eigenvalue weighted by Crippen LogP contribution is 2.49. The van der Waals surface area contributed by atoms with Crippen molar-refractivity contribution in [1.29, 1.82) is 0 Å². The van der Waals surface area contributed by atoms with E-state index in [0.717, 1.165) is 40.8 Å². The average molecular weight is 490 g/mol. The molecule has 3 aromatic rings. The summed E-state index contributed by atoms with van der Waals surface area (Å²) in [5.41, 5.74) is 2.87. The van der Waals surface area contributed by atoms with Crippen LogP contribution in [0.3, 0.4) is 0 Å². The Morgan fingerprint density at radius 1 is 1.03 bits per heavy atom. The molecule has 1 aromatic heterocycles. The fourth-order valence-electron chi connectivity index (χ4n) is 6.54. The van der Waals surface area contributed by atoms with Crippen molar-refractivity contribution in [3.8, 4) is 11.4 Å². The molecule has 0 N–H and O–H groups in total. The van der Waals surface area contributed by atoms with Gasteiger partial charge in [0.05, 0.1) is 6.42 Å². The third kappa shape index (κ3) is 3.01. The quantitative estimate of drug-likeness (QED) is 0.453. The Morgan fingerprint density at radius 2 is 1.81 bits per heavy atom. The van der Waals surface area contributed by atoms with Crippen molar-refractivity contribution in [2.75, 3.05) is 6.54 Å². The minimum atomic E-state index is -0.568. The molecular weight excluding hydrogens is 462 g/mol. The first-order valence-electron chi connectivity index (χ1n) is 11.9. The molecule has 6 rings (SSSR count). The lowest BCUT2D eigenvalue weighted by Gasteiger charge is -2.45. The number of amides is 1. The molecule has 0 bridgehead atoms. The van der Waals surface area contributed by atoms with E-state index < -0.39 is 5.54 Å². The van der Waals surface area contributed by atoms with Gasteiger partial charge in [0.1, 0.15) is 11.4 Å². The number of aromatic nitrogens is 2. The van der Waals surface area contributed by atoms with E-state index in [9.17, 15) is 4.79 Å². The summed E-state index contributed by atoms with van der Waals surface area (Å²) in [6.45, 7) is 0.898. The van der Waals surface area contributed by atoms with Gasteiger partial charge >= 0.3 is 0 Å². The molecule has 1 saturated carbocycles. The van der Waals surface area contributed by atoms with Gasteiger partial charge in [0.25, 0.3) is 0 Å². The Morgan fingerprint density at radius 3 is 2.69 bits per heavy atom. The van der Waals surface area contributed by atoms with Gasteiger partial charge < -0.3 is 9.47 Å². The number of hydrogen-bond acceptors (Lipinski definition) is 2. The highest BCUT2D eigenvalue weighted by Gasteiger charge is 2.48. The molecule has 5 heteroatoms. The number of imidazole rings is 1. The monoisotopic (exact) mass is 489 g/mol. The molecule has 32 heavy (non-hydrogen) atoms. The third-order valence-electron chi connectivity index (χ3n) is 7.96. The van der Waals surface area contributed by atoms with Crippen LogP contribution in [0.2, 0.25) is 0 Å². The van der Waals surface area contributed by atoms with Gasteiger partial charge in [0.2, 0.25) is 5.91 Å². The highest BCUT2D eigenvalue weighted by molar-refractivity contribution is 9.10. The second-order valence-corrected chi connectivity index (χ2v) is 10.5. The van der Waals surface area contributed by atoms with Crippen LogP contribution in [0.1, 0.15) is 56.1 Å². The number of fused-ring (bicyclic) bond motifs is 4. The normalized spacial score (nSPS) is 26.3. The number of carbonyl (C=O) groups is 1. The first kappa shape index (κ1) is 20.2. The Kier molecular flexibility index (Phi) is 4.98. The molecule has 2 fully saturated rings. The van der Waals surface area contributed by atoms with Gasteiger partial charge in [0.15, 0.2) is 0 Å². The molecule has 1 aliphatic carbocycles. The largest absolute Gasteiger partial charge is 0.339 e. The van der Waals surface area contributed by atoms with Crippen molar-refractivity contribution in [3.05, 3.63) is 76.5 Å². The van der Waals surface area contributed by atoms with Crippen molar-refractivity contribution in [3.63, 3.8) is 0 Å². The number of halogens is 1. The van der Waals surface area contributed by atoms with E-state index >= 15 is 0 Å². The number of piperidine rings is 1. The first-order chi connectivity index (χ1) is 15.7. The van der Waals surface area contributed by atoms with Gasteiger partial charge in [-0.2, -0.15) is 0 Å². The van der Waals surface area contributed by atoms with Gasteiger partial charge in [0, 0.05) is 35.0 Å². The van der Waals surface area contributed by atoms with E-state index in [1.807, 2.05) is 12.4 Å². The zero-order valence-electron chi connectivity index (χ0n) is 18.2. The summed E-state index contributed by atoms with van der Waals surface area (Å²) in [4.78, 5) is 21.0. The molecule has 3 aliphatic rings. The minimum absolute atomic E-state index is 0.279. The van der Waals surface area contributed by atoms with E-state index in [-0.39, 0.29) is 5.91 Å². The summed E-state index contributed by atoms with van der Waals surface area (Å²) in [5, 5.41) is 0. The number of carbonyl (C=O) groups excluding carboxylic acids is 1. The molecule has 3 heterocycles. The smallest absolute Gasteiger partial charge is 0.225 e. The Bertz CT molecular complexity index is 1150. The highest BCUT2D eigenvalue weighted by atomic mass is 79.9. The number of hydrogen-bond donors (Lipinski definition) is 0. The maximum Gasteiger partial charge on any atom is 0.225 e. The molecule has 1 saturated heterocycles. The van der Waals surface area contributed by atoms with E-state index in [4.69, 9.17) is 4.98 Å². The van der Waals surface area contributed by atoms with Crippen LogP contribution in [-0.4, -0.2) is 32.9 Å². The second-order valence-electron chi connectivity index (χ2n) is 9.55. The van der Waals surface area contributed by atoms with Crippen molar-refractivity contribution in [2.24, 2.45) is 5.92 Å². The SMILES string of the molecule is O=C(CC1(c2ccc(Br)cc2)c2ccccc2-c2nccn21)N1CCCC2CCCCC21. The summed E-state index contributed by atoms with van der Waals surface area (Å²) >= 11 is 3.58. The maximum atomic E-state index is 14.1. The number of likely N-dealkylation sites (tertiary alicyclic amines) is 1. The molecule has 3 unspecified atom stereocenters. The minimum Gasteiger partial charge on any atom is -0.339 e. The van der Waals surface area contributed by atoms with Crippen LogP contribution < -0.4 is 0 Å². The fraction of sp³-hybridized carbons (Fsp3) is 0.407. The topological polar surface area (TPSA) is 38.1 Å². The molecular formula is C27H28BrN3O. The van der Waals surface area contributed by atoms with Gasteiger partial charge in [-0.25, -0.2) is 4.98 Å². The van der Waals surface area contributed by atoms with E-state index in [1.54, 1.807) is 0 Å². The molecule has 0 spiro atoms. The zero-order chi connectivity index (χ0) is 21.7. The van der Waals surface area contributed by atoms with E-state index in [2.05, 4.69) is 73.9 Å². The summed E-state index contributed by atoms with van der Waals surface area (Å²) in [6.07, 6.45) is 11.8. The van der Waals surface area contributed by atoms with Crippen molar-refractivity contribution in [1.82, 2.24) is 14.5 Å². The number of rotatable bonds is 3. The van der Waals surface area contributed by atoms with E-state index in [1.165, 1.54) is 31.2 Å². The van der Waals surface area contributed by atoms with Crippen LogP contribution in [0.4, 0.5) is 0 Å². The van der Waals surface area contributed by atoms with Crippen LogP contribution in [-0.2, 0) is 10.3 Å². The molecule has 0 radical (unpaired) electrons. The molecule has 2 aromatic carbocycles. The zero-order valence-corrected chi connectivity index (χ0v) is 19.8. The second kappa shape index (κ2) is 7.87. The van der Waals surface area contributed by atoms with Gasteiger partial charge in [-0.1, -0.05) is 65.2 Å². The molecule has 164 valence electrons. The van der Waals surface area contributed by atoms with Gasteiger partial charge in [-0.05, 0) is 54.9 Å². The fourth-order valence-corrected chi connectivity index (χ4v) is 6.80. The van der Waals surface area contributed by atoms with Gasteiger partial charge in [-0.3, -0.25) is 4.79 Å². The van der Waals surface area contributed by atoms with Crippen molar-refractivity contribution >= 4 is 21.8 Å². The van der Waals surface area contributed by atoms with Crippen LogP contribution in [0.5, 0.6) is 0 Å².